The Morgan fingerprint density at radius 1 is 1.14 bits per heavy atom. The van der Waals surface area contributed by atoms with Crippen molar-refractivity contribution in [2.45, 2.75) is 65.7 Å². The normalized spacial score (nSPS) is 14.2. The summed E-state index contributed by atoms with van der Waals surface area (Å²) in [6, 6.07) is 12.5. The molecule has 1 fully saturated rings. The summed E-state index contributed by atoms with van der Waals surface area (Å²) in [4.78, 5) is 13.4. The van der Waals surface area contributed by atoms with Gasteiger partial charge in [0.1, 0.15) is 0 Å². The Hall–Kier alpha value is -2.31. The highest BCUT2D eigenvalue weighted by Crippen LogP contribution is 2.35. The van der Waals surface area contributed by atoms with E-state index in [1.54, 1.807) is 6.07 Å². The molecule has 1 aliphatic heterocycles. The summed E-state index contributed by atoms with van der Waals surface area (Å²) in [7, 11) is 0. The predicted molar refractivity (Wildman–Crippen MR) is 151 cm³/mol. The second-order valence-electron chi connectivity index (χ2n) is 9.75. The molecule has 1 heterocycles. The zero-order valence-corrected chi connectivity index (χ0v) is 23.0. The number of hydrogen-bond acceptors (Lipinski definition) is 5. The number of carbonyl (C=O) groups is 1. The number of nitrogens with one attached hydrogen (secondary N) is 1. The van der Waals surface area contributed by atoms with Gasteiger partial charge >= 0.3 is 0 Å². The van der Waals surface area contributed by atoms with Gasteiger partial charge in [-0.1, -0.05) is 67.9 Å². The molecule has 0 atom stereocenters. The molecule has 0 aromatic heterocycles. The van der Waals surface area contributed by atoms with E-state index < -0.39 is 0 Å². The molecule has 0 unspecified atom stereocenters. The maximum Gasteiger partial charge on any atom is 0.161 e. The summed E-state index contributed by atoms with van der Waals surface area (Å²) in [6.07, 6.45) is 3.92. The van der Waals surface area contributed by atoms with Crippen LogP contribution in [0.1, 0.15) is 79.1 Å². The van der Waals surface area contributed by atoms with Gasteiger partial charge in [0.25, 0.3) is 0 Å². The van der Waals surface area contributed by atoms with E-state index in [1.807, 2.05) is 19.1 Å². The van der Waals surface area contributed by atoms with E-state index >= 15 is 0 Å². The zero-order chi connectivity index (χ0) is 26.8. The van der Waals surface area contributed by atoms with Crippen molar-refractivity contribution >= 4 is 23.6 Å². The second-order valence-corrected chi connectivity index (χ2v) is 10.2. The number of hydrogen-bond donors (Lipinski definition) is 3. The number of piperidine rings is 1. The lowest BCUT2D eigenvalue weighted by atomic mass is 9.76. The van der Waals surface area contributed by atoms with Crippen LogP contribution in [0.3, 0.4) is 0 Å². The van der Waals surface area contributed by atoms with Gasteiger partial charge in [-0.05, 0) is 87.9 Å². The van der Waals surface area contributed by atoms with Crippen LogP contribution in [0, 0.1) is 19.3 Å². The van der Waals surface area contributed by atoms with Crippen molar-refractivity contribution in [1.82, 2.24) is 4.90 Å². The van der Waals surface area contributed by atoms with Gasteiger partial charge in [0.2, 0.25) is 0 Å². The van der Waals surface area contributed by atoms with E-state index in [0.717, 1.165) is 25.2 Å². The number of allylic oxidation sites excluding steroid dienone is 1. The van der Waals surface area contributed by atoms with Gasteiger partial charge in [-0.15, -0.1) is 0 Å². The quantitative estimate of drug-likeness (QED) is 0.142. The van der Waals surface area contributed by atoms with Crippen molar-refractivity contribution in [2.75, 3.05) is 19.6 Å². The number of likely N-dealkylation sites (tertiary alicyclic amines) is 1. The lowest BCUT2D eigenvalue weighted by Crippen LogP contribution is -2.34. The molecule has 3 rings (SSSR count). The fraction of sp³-hybridized carbons (Fsp3) is 0.448. The van der Waals surface area contributed by atoms with Crippen LogP contribution in [0.4, 0.5) is 0 Å². The average Bonchev–Trinajstić information content (AvgIpc) is 2.81. The van der Waals surface area contributed by atoms with Crippen molar-refractivity contribution in [3.05, 3.63) is 81.4 Å². The molecular formula is C29H43ClN4O. The number of halogens is 1. The first kappa shape index (κ1) is 30.7. The molecule has 0 amide bonds. The summed E-state index contributed by atoms with van der Waals surface area (Å²) in [5.74, 6) is 8.69. The number of nitrogens with zero attached hydrogens (tertiary/aromatic N) is 1. The molecule has 5 N–H and O–H groups in total. The van der Waals surface area contributed by atoms with Crippen molar-refractivity contribution in [3.8, 4) is 0 Å². The number of nitrogens with two attached hydrogens (primary N) is 2. The largest absolute Gasteiger partial charge is 0.312 e. The first-order valence-corrected chi connectivity index (χ1v) is 12.4. The number of carbonyl (C=O) groups excluding carboxylic acids is 1. The topological polar surface area (TPSA) is 96.2 Å². The van der Waals surface area contributed by atoms with E-state index in [0.29, 0.717) is 16.5 Å². The Labute approximate surface area is 217 Å². The van der Waals surface area contributed by atoms with E-state index in [2.05, 4.69) is 69.1 Å². The van der Waals surface area contributed by atoms with Gasteiger partial charge in [0, 0.05) is 23.7 Å². The Bertz CT molecular complexity index is 987. The van der Waals surface area contributed by atoms with Crippen molar-refractivity contribution in [1.29, 1.82) is 5.41 Å². The van der Waals surface area contributed by atoms with Crippen LogP contribution in [-0.2, 0) is 5.41 Å². The molecule has 0 spiro atoms. The fourth-order valence-corrected chi connectivity index (χ4v) is 4.88. The van der Waals surface area contributed by atoms with Crippen LogP contribution in [0.15, 0.2) is 48.6 Å². The van der Waals surface area contributed by atoms with Gasteiger partial charge in [-0.2, -0.15) is 0 Å². The molecule has 2 aromatic rings. The molecular weight excluding hydrogens is 456 g/mol. The van der Waals surface area contributed by atoms with Crippen LogP contribution < -0.4 is 11.7 Å². The summed E-state index contributed by atoms with van der Waals surface area (Å²) < 4.78 is 0. The molecule has 1 aliphatic rings. The molecule has 0 saturated carbocycles. The summed E-state index contributed by atoms with van der Waals surface area (Å²) in [5, 5.41) is 7.76. The van der Waals surface area contributed by atoms with Crippen molar-refractivity contribution in [3.63, 3.8) is 0 Å². The summed E-state index contributed by atoms with van der Waals surface area (Å²) in [5.41, 5.74) is 7.07. The average molecular weight is 499 g/mol. The van der Waals surface area contributed by atoms with Gasteiger partial charge in [0.15, 0.2) is 5.78 Å². The van der Waals surface area contributed by atoms with E-state index in [4.69, 9.17) is 17.0 Å². The highest BCUT2D eigenvalue weighted by Gasteiger charge is 2.25. The third kappa shape index (κ3) is 8.39. The number of benzene rings is 2. The Balaban J connectivity index is 0.000000395. The van der Waals surface area contributed by atoms with Gasteiger partial charge in [0.05, 0.1) is 5.02 Å². The fourth-order valence-electron chi connectivity index (χ4n) is 4.53. The van der Waals surface area contributed by atoms with E-state index in [9.17, 15) is 4.79 Å². The van der Waals surface area contributed by atoms with E-state index in [1.165, 1.54) is 48.2 Å². The summed E-state index contributed by atoms with van der Waals surface area (Å²) >= 11 is 5.80. The lowest BCUT2D eigenvalue weighted by Gasteiger charge is -2.32. The van der Waals surface area contributed by atoms with Gasteiger partial charge < -0.3 is 5.41 Å². The Morgan fingerprint density at radius 3 is 2.17 bits per heavy atom. The highest BCUT2D eigenvalue weighted by molar-refractivity contribution is 6.34. The number of Topliss-reactive ketones (excluding diaryl/α,β-unsaturated/α-hetero) is 1. The smallest absolute Gasteiger partial charge is 0.161 e. The zero-order valence-electron chi connectivity index (χ0n) is 22.2. The molecule has 2 aromatic carbocycles. The number of ketones is 1. The SMILES string of the molecule is C=C(C)C(C)(C)c1ccc(C2CCN(CC=N)CC2)cc1C.CC(=O)c1c(C)cccc1Cl.NN. The standard InChI is InChI=1S/C20H30N2.C9H9ClO.H4N2/c1-15(2)20(4,5)19-7-6-18(14-16(19)3)17-8-11-22(12-9-17)13-10-21;1-6-4-3-5-8(10)9(6)7(2)11;1-2/h6-7,10,14,17,21H,1,8-9,11-13H2,2-5H3;3-5H,1-2H3;1-2H2. The van der Waals surface area contributed by atoms with Gasteiger partial charge in [-0.3, -0.25) is 21.4 Å². The van der Waals surface area contributed by atoms with Crippen LogP contribution in [0.2, 0.25) is 5.02 Å². The minimum atomic E-state index is 0.0214. The maximum atomic E-state index is 11.0. The maximum absolute atomic E-state index is 11.0. The molecule has 1 saturated heterocycles. The third-order valence-electron chi connectivity index (χ3n) is 6.97. The predicted octanol–water partition coefficient (Wildman–Crippen LogP) is 6.35. The molecule has 35 heavy (non-hydrogen) atoms. The minimum absolute atomic E-state index is 0.0214. The van der Waals surface area contributed by atoms with Crippen LogP contribution >= 0.6 is 11.6 Å². The molecule has 0 bridgehead atoms. The van der Waals surface area contributed by atoms with E-state index in [-0.39, 0.29) is 11.2 Å². The number of hydrazine groups is 1. The minimum Gasteiger partial charge on any atom is -0.312 e. The van der Waals surface area contributed by atoms with Crippen LogP contribution in [-0.4, -0.2) is 36.5 Å². The van der Waals surface area contributed by atoms with Crippen LogP contribution in [0.5, 0.6) is 0 Å². The molecule has 6 heteroatoms. The number of rotatable bonds is 6. The monoisotopic (exact) mass is 498 g/mol. The Kier molecular flexibility index (Phi) is 12.5. The van der Waals surface area contributed by atoms with Gasteiger partial charge in [-0.25, -0.2) is 0 Å². The van der Waals surface area contributed by atoms with Crippen molar-refractivity contribution in [2.24, 2.45) is 11.7 Å². The molecule has 0 aliphatic carbocycles. The molecule has 0 radical (unpaired) electrons. The first-order valence-electron chi connectivity index (χ1n) is 12.1. The first-order chi connectivity index (χ1) is 16.5. The molecule has 192 valence electrons. The summed E-state index contributed by atoms with van der Waals surface area (Å²) in [6.45, 7) is 19.4. The number of aryl methyl sites for hydroxylation is 2. The van der Waals surface area contributed by atoms with Crippen LogP contribution in [0.25, 0.3) is 0 Å². The highest BCUT2D eigenvalue weighted by atomic mass is 35.5. The van der Waals surface area contributed by atoms with Crippen molar-refractivity contribution < 1.29 is 4.79 Å². The second kappa shape index (κ2) is 14.3. The third-order valence-corrected chi connectivity index (χ3v) is 7.29. The molecule has 5 nitrogen and oxygen atoms in total. The lowest BCUT2D eigenvalue weighted by molar-refractivity contribution is 0.101. The Morgan fingerprint density at radius 2 is 1.74 bits per heavy atom.